The smallest absolute Gasteiger partial charge is 0.263 e. The van der Waals surface area contributed by atoms with Crippen LogP contribution in [-0.2, 0) is 0 Å². The third-order valence-electron chi connectivity index (χ3n) is 3.76. The molecule has 0 spiro atoms. The van der Waals surface area contributed by atoms with Crippen LogP contribution in [-0.4, -0.2) is 17.4 Å². The molecule has 1 atom stereocenters. The van der Waals surface area contributed by atoms with E-state index in [-0.39, 0.29) is 11.3 Å². The van der Waals surface area contributed by atoms with E-state index >= 15 is 0 Å². The molecular formula is C15H21N3OS. The molecule has 1 amide bonds. The molecule has 0 saturated carbocycles. The van der Waals surface area contributed by atoms with Gasteiger partial charge in [0.1, 0.15) is 9.71 Å². The first-order valence-electron chi connectivity index (χ1n) is 6.72. The van der Waals surface area contributed by atoms with E-state index in [0.717, 1.165) is 10.2 Å². The largest absolute Gasteiger partial charge is 0.397 e. The lowest BCUT2D eigenvalue weighted by Gasteiger charge is -2.27. The summed E-state index contributed by atoms with van der Waals surface area (Å²) in [6.45, 7) is 9.28. The number of anilines is 1. The van der Waals surface area contributed by atoms with Gasteiger partial charge in [-0.2, -0.15) is 0 Å². The first-order chi connectivity index (χ1) is 9.30. The molecule has 0 fully saturated rings. The third kappa shape index (κ3) is 2.93. The molecule has 0 bridgehead atoms. The number of nitrogens with zero attached hydrogens (tertiary/aromatic N) is 1. The van der Waals surface area contributed by atoms with Gasteiger partial charge in [-0.25, -0.2) is 4.98 Å². The van der Waals surface area contributed by atoms with Crippen LogP contribution < -0.4 is 11.1 Å². The number of hydrogen-bond donors (Lipinski definition) is 2. The Kier molecular flexibility index (Phi) is 3.99. The average Bonchev–Trinajstić information content (AvgIpc) is 2.72. The van der Waals surface area contributed by atoms with Crippen LogP contribution >= 0.6 is 11.3 Å². The molecule has 4 nitrogen and oxygen atoms in total. The van der Waals surface area contributed by atoms with Crippen molar-refractivity contribution in [2.45, 2.75) is 27.7 Å². The molecule has 2 heterocycles. The van der Waals surface area contributed by atoms with Crippen molar-refractivity contribution >= 4 is 33.1 Å². The van der Waals surface area contributed by atoms with Crippen LogP contribution in [0.15, 0.2) is 18.3 Å². The van der Waals surface area contributed by atoms with E-state index in [1.54, 1.807) is 6.20 Å². The van der Waals surface area contributed by atoms with E-state index in [0.29, 0.717) is 23.0 Å². The predicted molar refractivity (Wildman–Crippen MR) is 85.0 cm³/mol. The van der Waals surface area contributed by atoms with Crippen LogP contribution in [0.25, 0.3) is 10.2 Å². The number of pyridine rings is 1. The molecule has 0 aliphatic rings. The Morgan fingerprint density at radius 1 is 1.50 bits per heavy atom. The van der Waals surface area contributed by atoms with E-state index in [1.807, 2.05) is 12.1 Å². The summed E-state index contributed by atoms with van der Waals surface area (Å²) in [6, 6.07) is 3.72. The van der Waals surface area contributed by atoms with Crippen molar-refractivity contribution in [3.05, 3.63) is 23.2 Å². The number of aromatic nitrogens is 1. The zero-order valence-electron chi connectivity index (χ0n) is 12.4. The maximum absolute atomic E-state index is 12.3. The number of nitrogens with two attached hydrogens (primary N) is 1. The average molecular weight is 291 g/mol. The molecule has 0 radical (unpaired) electrons. The summed E-state index contributed by atoms with van der Waals surface area (Å²) in [5.74, 6) is 0.279. The van der Waals surface area contributed by atoms with Crippen LogP contribution in [0.5, 0.6) is 0 Å². The van der Waals surface area contributed by atoms with Gasteiger partial charge in [0.2, 0.25) is 0 Å². The minimum Gasteiger partial charge on any atom is -0.397 e. The number of carbonyl (C=O) groups excluding carboxylic acids is 1. The number of hydrogen-bond acceptors (Lipinski definition) is 4. The second-order valence-corrected chi connectivity index (χ2v) is 7.18. The molecule has 108 valence electrons. The van der Waals surface area contributed by atoms with E-state index in [4.69, 9.17) is 5.73 Å². The maximum atomic E-state index is 12.3. The van der Waals surface area contributed by atoms with Gasteiger partial charge in [0.15, 0.2) is 0 Å². The highest BCUT2D eigenvalue weighted by molar-refractivity contribution is 7.21. The quantitative estimate of drug-likeness (QED) is 0.911. The van der Waals surface area contributed by atoms with Gasteiger partial charge in [0.25, 0.3) is 5.91 Å². The van der Waals surface area contributed by atoms with Crippen LogP contribution in [0.1, 0.15) is 37.4 Å². The Morgan fingerprint density at radius 3 is 2.80 bits per heavy atom. The molecule has 0 aromatic carbocycles. The van der Waals surface area contributed by atoms with Crippen molar-refractivity contribution in [3.8, 4) is 0 Å². The Balaban J connectivity index is 2.14. The number of nitrogen functional groups attached to an aromatic ring is 1. The summed E-state index contributed by atoms with van der Waals surface area (Å²) in [6.07, 6.45) is 1.71. The van der Waals surface area contributed by atoms with Crippen LogP contribution in [0, 0.1) is 11.3 Å². The molecule has 20 heavy (non-hydrogen) atoms. The van der Waals surface area contributed by atoms with E-state index in [1.165, 1.54) is 11.3 Å². The molecule has 0 saturated heterocycles. The van der Waals surface area contributed by atoms with Crippen LogP contribution in [0.2, 0.25) is 0 Å². The van der Waals surface area contributed by atoms with Crippen molar-refractivity contribution in [3.63, 3.8) is 0 Å². The Bertz CT molecular complexity index is 628. The minimum atomic E-state index is -0.110. The number of fused-ring (bicyclic) bond motifs is 1. The number of thiophene rings is 1. The van der Waals surface area contributed by atoms with Crippen molar-refractivity contribution in [1.82, 2.24) is 10.3 Å². The first-order valence-corrected chi connectivity index (χ1v) is 7.53. The molecule has 2 aromatic heterocycles. The highest BCUT2D eigenvalue weighted by Crippen LogP contribution is 2.32. The maximum Gasteiger partial charge on any atom is 0.263 e. The number of nitrogens with one attached hydrogen (secondary N) is 1. The minimum absolute atomic E-state index is 0.110. The zero-order valence-corrected chi connectivity index (χ0v) is 13.2. The fourth-order valence-corrected chi connectivity index (χ4v) is 2.73. The second kappa shape index (κ2) is 5.40. The van der Waals surface area contributed by atoms with E-state index in [9.17, 15) is 4.79 Å². The van der Waals surface area contributed by atoms with Crippen LogP contribution in [0.4, 0.5) is 5.69 Å². The fraction of sp³-hybridized carbons (Fsp3) is 0.467. The third-order valence-corrected chi connectivity index (χ3v) is 4.89. The zero-order chi connectivity index (χ0) is 14.9. The second-order valence-electron chi connectivity index (χ2n) is 6.18. The molecule has 0 aliphatic carbocycles. The lowest BCUT2D eigenvalue weighted by molar-refractivity contribution is 0.0942. The summed E-state index contributed by atoms with van der Waals surface area (Å²) in [5.41, 5.74) is 6.74. The Hall–Kier alpha value is -1.62. The van der Waals surface area contributed by atoms with E-state index < -0.39 is 0 Å². The summed E-state index contributed by atoms with van der Waals surface area (Å²) in [5, 5.41) is 3.82. The molecule has 2 rings (SSSR count). The molecular weight excluding hydrogens is 270 g/mol. The van der Waals surface area contributed by atoms with Gasteiger partial charge in [-0.15, -0.1) is 11.3 Å². The topological polar surface area (TPSA) is 68.0 Å². The van der Waals surface area contributed by atoms with Crippen molar-refractivity contribution in [2.24, 2.45) is 11.3 Å². The van der Waals surface area contributed by atoms with Crippen molar-refractivity contribution < 1.29 is 4.79 Å². The number of amides is 1. The van der Waals surface area contributed by atoms with Gasteiger partial charge >= 0.3 is 0 Å². The number of rotatable bonds is 3. The SMILES string of the molecule is CC(CNC(=O)c1sc2ncccc2c1N)C(C)(C)C. The van der Waals surface area contributed by atoms with Crippen LogP contribution in [0.3, 0.4) is 0 Å². The van der Waals surface area contributed by atoms with Crippen molar-refractivity contribution in [2.75, 3.05) is 12.3 Å². The van der Waals surface area contributed by atoms with Crippen molar-refractivity contribution in [1.29, 1.82) is 0 Å². The lowest BCUT2D eigenvalue weighted by atomic mass is 9.82. The van der Waals surface area contributed by atoms with Gasteiger partial charge in [-0.1, -0.05) is 27.7 Å². The van der Waals surface area contributed by atoms with Gasteiger partial charge < -0.3 is 11.1 Å². The van der Waals surface area contributed by atoms with Gasteiger partial charge in [-0.3, -0.25) is 4.79 Å². The highest BCUT2D eigenvalue weighted by atomic mass is 32.1. The normalized spacial score (nSPS) is 13.4. The van der Waals surface area contributed by atoms with E-state index in [2.05, 4.69) is 38.0 Å². The monoisotopic (exact) mass is 291 g/mol. The predicted octanol–water partition coefficient (Wildman–Crippen LogP) is 3.29. The fourth-order valence-electron chi connectivity index (χ4n) is 1.75. The summed E-state index contributed by atoms with van der Waals surface area (Å²) < 4.78 is 0. The molecule has 2 aromatic rings. The molecule has 1 unspecified atom stereocenters. The van der Waals surface area contributed by atoms with Gasteiger partial charge in [0.05, 0.1) is 5.69 Å². The highest BCUT2D eigenvalue weighted by Gasteiger charge is 2.22. The molecule has 0 aliphatic heterocycles. The first kappa shape index (κ1) is 14.8. The summed E-state index contributed by atoms with van der Waals surface area (Å²) in [4.78, 5) is 17.9. The lowest BCUT2D eigenvalue weighted by Crippen LogP contribution is -2.33. The molecule has 3 N–H and O–H groups in total. The standard InChI is InChI=1S/C15H21N3OS/c1-9(15(2,3)4)8-18-13(19)12-11(16)10-6-5-7-17-14(10)20-12/h5-7,9H,8,16H2,1-4H3,(H,18,19). The van der Waals surface area contributed by atoms with Gasteiger partial charge in [-0.05, 0) is 23.5 Å². The Morgan fingerprint density at radius 2 is 2.20 bits per heavy atom. The van der Waals surface area contributed by atoms with Gasteiger partial charge in [0, 0.05) is 18.1 Å². The molecule has 5 heteroatoms. The summed E-state index contributed by atoms with van der Waals surface area (Å²) in [7, 11) is 0. The number of carbonyl (C=O) groups is 1. The summed E-state index contributed by atoms with van der Waals surface area (Å²) >= 11 is 1.34. The Labute approximate surface area is 123 Å².